The van der Waals surface area contributed by atoms with Crippen molar-refractivity contribution in [3.63, 3.8) is 0 Å². The summed E-state index contributed by atoms with van der Waals surface area (Å²) in [5, 5.41) is 1.65. The molecule has 0 saturated heterocycles. The van der Waals surface area contributed by atoms with Gasteiger partial charge < -0.3 is 11.5 Å². The predicted molar refractivity (Wildman–Crippen MR) is 117 cm³/mol. The van der Waals surface area contributed by atoms with Gasteiger partial charge in [-0.2, -0.15) is 10.1 Å². The van der Waals surface area contributed by atoms with Gasteiger partial charge in [-0.1, -0.05) is 31.4 Å². The molecule has 0 unspecified atom stereocenters. The number of unbranched alkanes of at least 4 members (excludes halogenated alkanes) is 3. The lowest BCUT2D eigenvalue weighted by Gasteiger charge is -2.44. The SMILES string of the molecule is NC1=NC2(CCCCC2)N(OCCCCCCN2C(=O)c3ccccc3C2=O)C(N)=N1. The van der Waals surface area contributed by atoms with Gasteiger partial charge in [-0.25, -0.2) is 4.99 Å². The smallest absolute Gasteiger partial charge is 0.261 e. The monoisotopic (exact) mass is 426 g/mol. The van der Waals surface area contributed by atoms with Crippen molar-refractivity contribution >= 4 is 23.7 Å². The van der Waals surface area contributed by atoms with E-state index in [1.165, 1.54) is 11.3 Å². The van der Waals surface area contributed by atoms with Crippen LogP contribution in [0.2, 0.25) is 0 Å². The Morgan fingerprint density at radius 3 is 2.26 bits per heavy atom. The summed E-state index contributed by atoms with van der Waals surface area (Å²) >= 11 is 0. The van der Waals surface area contributed by atoms with Gasteiger partial charge in [0.05, 0.1) is 17.7 Å². The molecule has 9 nitrogen and oxygen atoms in total. The van der Waals surface area contributed by atoms with Gasteiger partial charge in [0.2, 0.25) is 11.9 Å². The number of benzene rings is 1. The van der Waals surface area contributed by atoms with Crippen molar-refractivity contribution in [2.75, 3.05) is 13.2 Å². The number of nitrogens with zero attached hydrogens (tertiary/aromatic N) is 4. The molecule has 2 aliphatic heterocycles. The molecule has 4 rings (SSSR count). The van der Waals surface area contributed by atoms with Crippen molar-refractivity contribution in [2.45, 2.75) is 63.5 Å². The van der Waals surface area contributed by atoms with Gasteiger partial charge in [-0.15, -0.1) is 0 Å². The van der Waals surface area contributed by atoms with Crippen molar-refractivity contribution in [1.29, 1.82) is 0 Å². The lowest BCUT2D eigenvalue weighted by molar-refractivity contribution is -0.177. The van der Waals surface area contributed by atoms with Crippen LogP contribution in [0, 0.1) is 0 Å². The molecular formula is C22H30N6O3. The summed E-state index contributed by atoms with van der Waals surface area (Å²) < 4.78 is 0. The van der Waals surface area contributed by atoms with Crippen LogP contribution in [0.1, 0.15) is 78.5 Å². The fourth-order valence-corrected chi connectivity index (χ4v) is 4.60. The molecule has 0 radical (unpaired) electrons. The molecule has 3 aliphatic rings. The molecule has 1 aromatic rings. The summed E-state index contributed by atoms with van der Waals surface area (Å²) in [6, 6.07) is 6.98. The predicted octanol–water partition coefficient (Wildman–Crippen LogP) is 2.38. The molecule has 9 heteroatoms. The van der Waals surface area contributed by atoms with Crippen molar-refractivity contribution in [1.82, 2.24) is 9.96 Å². The zero-order chi connectivity index (χ0) is 21.8. The first-order valence-corrected chi connectivity index (χ1v) is 11.1. The first-order chi connectivity index (χ1) is 15.0. The molecule has 1 aromatic carbocycles. The lowest BCUT2D eigenvalue weighted by Crippen LogP contribution is -2.57. The number of nitrogens with two attached hydrogens (primary N) is 2. The minimum Gasteiger partial charge on any atom is -0.368 e. The molecule has 2 amide bonds. The first kappa shape index (κ1) is 21.3. The number of imide groups is 1. The van der Waals surface area contributed by atoms with E-state index in [0.717, 1.165) is 51.4 Å². The van der Waals surface area contributed by atoms with Crippen molar-refractivity contribution in [3.8, 4) is 0 Å². The lowest BCUT2D eigenvalue weighted by atomic mass is 9.89. The molecule has 2 heterocycles. The van der Waals surface area contributed by atoms with Gasteiger partial charge in [-0.3, -0.25) is 19.3 Å². The maximum Gasteiger partial charge on any atom is 0.261 e. The zero-order valence-corrected chi connectivity index (χ0v) is 17.8. The summed E-state index contributed by atoms with van der Waals surface area (Å²) in [6.45, 7) is 0.941. The third-order valence-electron chi connectivity index (χ3n) is 6.17. The number of fused-ring (bicyclic) bond motifs is 1. The van der Waals surface area contributed by atoms with Crippen LogP contribution in [0.15, 0.2) is 34.3 Å². The number of hydroxylamine groups is 2. The van der Waals surface area contributed by atoms with E-state index < -0.39 is 5.66 Å². The summed E-state index contributed by atoms with van der Waals surface area (Å²) in [6.07, 6.45) is 8.42. The molecule has 1 spiro atoms. The Kier molecular flexibility index (Phi) is 6.22. The van der Waals surface area contributed by atoms with Crippen LogP contribution >= 0.6 is 0 Å². The molecule has 1 aliphatic carbocycles. The van der Waals surface area contributed by atoms with E-state index in [9.17, 15) is 9.59 Å². The maximum atomic E-state index is 12.4. The number of amides is 2. The van der Waals surface area contributed by atoms with E-state index in [2.05, 4.69) is 9.98 Å². The molecule has 1 fully saturated rings. The second-order valence-electron chi connectivity index (χ2n) is 8.33. The van der Waals surface area contributed by atoms with Crippen LogP contribution in [-0.2, 0) is 4.84 Å². The fraction of sp³-hybridized carbons (Fsp3) is 0.545. The molecule has 4 N–H and O–H groups in total. The van der Waals surface area contributed by atoms with Gasteiger partial charge >= 0.3 is 0 Å². The Morgan fingerprint density at radius 2 is 1.58 bits per heavy atom. The average molecular weight is 427 g/mol. The zero-order valence-electron chi connectivity index (χ0n) is 17.8. The highest BCUT2D eigenvalue weighted by Crippen LogP contribution is 2.36. The van der Waals surface area contributed by atoms with Crippen LogP contribution < -0.4 is 11.5 Å². The highest BCUT2D eigenvalue weighted by Gasteiger charge is 2.43. The van der Waals surface area contributed by atoms with E-state index in [0.29, 0.717) is 24.3 Å². The van der Waals surface area contributed by atoms with Crippen LogP contribution in [0.5, 0.6) is 0 Å². The Labute approximate surface area is 182 Å². The number of carbonyl (C=O) groups is 2. The Hall–Kier alpha value is -2.94. The third-order valence-corrected chi connectivity index (χ3v) is 6.17. The Morgan fingerprint density at radius 1 is 0.935 bits per heavy atom. The molecule has 1 saturated carbocycles. The molecule has 0 bridgehead atoms. The molecule has 31 heavy (non-hydrogen) atoms. The number of carbonyl (C=O) groups excluding carboxylic acids is 2. The van der Waals surface area contributed by atoms with Gasteiger partial charge in [0, 0.05) is 6.54 Å². The van der Waals surface area contributed by atoms with Gasteiger partial charge in [-0.05, 0) is 50.7 Å². The summed E-state index contributed by atoms with van der Waals surface area (Å²) in [7, 11) is 0. The number of guanidine groups is 2. The third kappa shape index (κ3) is 4.27. The van der Waals surface area contributed by atoms with E-state index in [-0.39, 0.29) is 23.7 Å². The van der Waals surface area contributed by atoms with Crippen LogP contribution in [0.3, 0.4) is 0 Å². The number of hydrogen-bond donors (Lipinski definition) is 2. The quantitative estimate of drug-likeness (QED) is 0.485. The molecular weight excluding hydrogens is 396 g/mol. The van der Waals surface area contributed by atoms with Gasteiger partial charge in [0.25, 0.3) is 11.8 Å². The molecule has 0 aromatic heterocycles. The summed E-state index contributed by atoms with van der Waals surface area (Å²) in [4.78, 5) is 40.7. The highest BCUT2D eigenvalue weighted by molar-refractivity contribution is 6.21. The fourth-order valence-electron chi connectivity index (χ4n) is 4.60. The summed E-state index contributed by atoms with van der Waals surface area (Å²) in [5.41, 5.74) is 12.4. The maximum absolute atomic E-state index is 12.4. The Bertz CT molecular complexity index is 871. The van der Waals surface area contributed by atoms with E-state index in [1.54, 1.807) is 29.3 Å². The summed E-state index contributed by atoms with van der Waals surface area (Å²) in [5.74, 6) is 0.0928. The van der Waals surface area contributed by atoms with Crippen LogP contribution in [-0.4, -0.2) is 52.5 Å². The minimum absolute atomic E-state index is 0.193. The van der Waals surface area contributed by atoms with Crippen LogP contribution in [0.4, 0.5) is 0 Å². The highest BCUT2D eigenvalue weighted by atomic mass is 16.7. The van der Waals surface area contributed by atoms with Gasteiger partial charge in [0.1, 0.15) is 0 Å². The van der Waals surface area contributed by atoms with Crippen molar-refractivity contribution in [2.24, 2.45) is 21.5 Å². The molecule has 0 atom stereocenters. The standard InChI is InChI=1S/C22H30N6O3/c23-20-25-21(24)28(22(26-20)12-6-3-7-13-22)31-15-9-2-1-8-14-27-18(29)16-10-4-5-11-17(16)19(27)30/h4-5,10-11H,1-3,6-9,12-15H2,(H4,23,24,25,26). The number of aliphatic imine (C=N–C) groups is 2. The van der Waals surface area contributed by atoms with Crippen molar-refractivity contribution < 1.29 is 14.4 Å². The Balaban J connectivity index is 1.19. The number of hydrogen-bond acceptors (Lipinski definition) is 8. The minimum atomic E-state index is -0.528. The van der Waals surface area contributed by atoms with E-state index in [1.807, 2.05) is 0 Å². The van der Waals surface area contributed by atoms with E-state index in [4.69, 9.17) is 16.3 Å². The first-order valence-electron chi connectivity index (χ1n) is 11.1. The second kappa shape index (κ2) is 9.05. The number of rotatable bonds is 8. The normalized spacial score (nSPS) is 20.1. The van der Waals surface area contributed by atoms with Crippen molar-refractivity contribution in [3.05, 3.63) is 35.4 Å². The average Bonchev–Trinajstić information content (AvgIpc) is 3.00. The van der Waals surface area contributed by atoms with E-state index >= 15 is 0 Å². The van der Waals surface area contributed by atoms with Gasteiger partial charge in [0.15, 0.2) is 5.66 Å². The largest absolute Gasteiger partial charge is 0.368 e. The van der Waals surface area contributed by atoms with Crippen LogP contribution in [0.25, 0.3) is 0 Å². The topological polar surface area (TPSA) is 127 Å². The molecule has 166 valence electrons. The second-order valence-corrected chi connectivity index (χ2v) is 8.33.